The maximum absolute atomic E-state index is 12.8. The van der Waals surface area contributed by atoms with Crippen LogP contribution >= 0.6 is 0 Å². The number of hydrogen-bond donors (Lipinski definition) is 1. The highest BCUT2D eigenvalue weighted by atomic mass is 16.5. The predicted molar refractivity (Wildman–Crippen MR) is 100.0 cm³/mol. The molecule has 1 saturated heterocycles. The van der Waals surface area contributed by atoms with Gasteiger partial charge in [0, 0.05) is 33.1 Å². The molecular weight excluding hydrogens is 330 g/mol. The van der Waals surface area contributed by atoms with Crippen molar-refractivity contribution in [2.24, 2.45) is 11.8 Å². The van der Waals surface area contributed by atoms with E-state index < -0.39 is 0 Å². The molecule has 1 aromatic rings. The van der Waals surface area contributed by atoms with Gasteiger partial charge in [-0.15, -0.1) is 0 Å². The maximum atomic E-state index is 12.8. The summed E-state index contributed by atoms with van der Waals surface area (Å²) >= 11 is 0. The largest absolute Gasteiger partial charge is 0.497 e. The number of carbonyl (C=O) groups is 2. The van der Waals surface area contributed by atoms with Crippen LogP contribution in [0.15, 0.2) is 24.3 Å². The molecule has 26 heavy (non-hydrogen) atoms. The van der Waals surface area contributed by atoms with Crippen LogP contribution in [0.25, 0.3) is 0 Å². The van der Waals surface area contributed by atoms with Crippen molar-refractivity contribution in [3.05, 3.63) is 29.8 Å². The van der Waals surface area contributed by atoms with Crippen molar-refractivity contribution in [1.29, 1.82) is 0 Å². The Morgan fingerprint density at radius 2 is 1.73 bits per heavy atom. The smallest absolute Gasteiger partial charge is 0.319 e. The van der Waals surface area contributed by atoms with Crippen molar-refractivity contribution in [3.63, 3.8) is 0 Å². The Balaban J connectivity index is 1.58. The number of likely N-dealkylation sites (tertiary alicyclic amines) is 1. The lowest BCUT2D eigenvalue weighted by Gasteiger charge is -2.33. The normalized spacial score (nSPS) is 19.0. The molecule has 3 amide bonds. The molecule has 0 bridgehead atoms. The summed E-state index contributed by atoms with van der Waals surface area (Å²) < 4.78 is 5.22. The van der Waals surface area contributed by atoms with Gasteiger partial charge in [0.1, 0.15) is 5.75 Å². The molecule has 1 aliphatic heterocycles. The van der Waals surface area contributed by atoms with Crippen molar-refractivity contribution in [1.82, 2.24) is 15.1 Å². The number of rotatable bonds is 5. The molecule has 1 heterocycles. The van der Waals surface area contributed by atoms with Crippen molar-refractivity contribution in [3.8, 4) is 5.75 Å². The lowest BCUT2D eigenvalue weighted by Crippen LogP contribution is -2.47. The summed E-state index contributed by atoms with van der Waals surface area (Å²) in [5.41, 5.74) is 1.14. The highest BCUT2D eigenvalue weighted by Crippen LogP contribution is 2.41. The molecule has 1 saturated carbocycles. The quantitative estimate of drug-likeness (QED) is 0.879. The molecule has 1 N–H and O–H groups in total. The van der Waals surface area contributed by atoms with E-state index in [-0.39, 0.29) is 23.9 Å². The van der Waals surface area contributed by atoms with Crippen LogP contribution in [-0.2, 0) is 4.79 Å². The number of nitrogens with zero attached hydrogens (tertiary/aromatic N) is 2. The number of nitrogens with one attached hydrogen (secondary N) is 1. The first-order valence-electron chi connectivity index (χ1n) is 9.40. The second-order valence-corrected chi connectivity index (χ2v) is 7.54. The van der Waals surface area contributed by atoms with E-state index in [9.17, 15) is 9.59 Å². The summed E-state index contributed by atoms with van der Waals surface area (Å²) in [6, 6.07) is 8.08. The van der Waals surface area contributed by atoms with E-state index in [0.29, 0.717) is 19.0 Å². The zero-order valence-electron chi connectivity index (χ0n) is 15.9. The first-order valence-corrected chi connectivity index (χ1v) is 9.40. The first kappa shape index (κ1) is 18.5. The highest BCUT2D eigenvalue weighted by molar-refractivity contribution is 5.80. The number of hydrogen-bond acceptors (Lipinski definition) is 3. The minimum Gasteiger partial charge on any atom is -0.497 e. The molecule has 1 aliphatic carbocycles. The standard InChI is InChI=1S/C20H29N3O3/c1-22(2)20(25)23-12-10-16(11-13-23)19(24)21-18(14-4-5-14)15-6-8-17(26-3)9-7-15/h6-9,14,16,18H,4-5,10-13H2,1-3H3,(H,21,24). The van der Waals surface area contributed by atoms with E-state index in [0.717, 1.165) is 37.0 Å². The first-order chi connectivity index (χ1) is 12.5. The minimum absolute atomic E-state index is 0.0132. The molecule has 6 nitrogen and oxygen atoms in total. The summed E-state index contributed by atoms with van der Waals surface area (Å²) in [5, 5.41) is 3.28. The molecule has 0 radical (unpaired) electrons. The predicted octanol–water partition coefficient (Wildman–Crippen LogP) is 2.66. The van der Waals surface area contributed by atoms with Crippen molar-refractivity contribution in [2.45, 2.75) is 31.7 Å². The van der Waals surface area contributed by atoms with Crippen LogP contribution in [0.1, 0.15) is 37.3 Å². The van der Waals surface area contributed by atoms with Gasteiger partial charge in [0.15, 0.2) is 0 Å². The van der Waals surface area contributed by atoms with Gasteiger partial charge in [0.05, 0.1) is 13.2 Å². The van der Waals surface area contributed by atoms with Crippen LogP contribution in [0.4, 0.5) is 4.79 Å². The fourth-order valence-corrected chi connectivity index (χ4v) is 3.60. The van der Waals surface area contributed by atoms with Crippen LogP contribution in [0.3, 0.4) is 0 Å². The Labute approximate surface area is 155 Å². The van der Waals surface area contributed by atoms with Crippen molar-refractivity contribution < 1.29 is 14.3 Å². The highest BCUT2D eigenvalue weighted by Gasteiger charge is 2.35. The Morgan fingerprint density at radius 3 is 2.23 bits per heavy atom. The van der Waals surface area contributed by atoms with Gasteiger partial charge in [-0.3, -0.25) is 4.79 Å². The Kier molecular flexibility index (Phi) is 5.69. The van der Waals surface area contributed by atoms with Gasteiger partial charge in [-0.2, -0.15) is 0 Å². The minimum atomic E-state index is -0.0132. The van der Waals surface area contributed by atoms with Gasteiger partial charge in [0.25, 0.3) is 0 Å². The van der Waals surface area contributed by atoms with Crippen molar-refractivity contribution in [2.75, 3.05) is 34.3 Å². The zero-order valence-corrected chi connectivity index (χ0v) is 15.9. The van der Waals surface area contributed by atoms with Gasteiger partial charge in [-0.25, -0.2) is 4.79 Å². The number of methoxy groups -OCH3 is 1. The Hall–Kier alpha value is -2.24. The van der Waals surface area contributed by atoms with E-state index in [4.69, 9.17) is 4.74 Å². The Morgan fingerprint density at radius 1 is 1.12 bits per heavy atom. The van der Waals surface area contributed by atoms with Gasteiger partial charge < -0.3 is 19.9 Å². The van der Waals surface area contributed by atoms with Gasteiger partial charge in [-0.1, -0.05) is 12.1 Å². The molecule has 3 rings (SSSR count). The van der Waals surface area contributed by atoms with E-state index >= 15 is 0 Å². The number of carbonyl (C=O) groups excluding carboxylic acids is 2. The number of urea groups is 1. The lowest BCUT2D eigenvalue weighted by atomic mass is 9.94. The third-order valence-electron chi connectivity index (χ3n) is 5.38. The maximum Gasteiger partial charge on any atom is 0.319 e. The van der Waals surface area contributed by atoms with Crippen molar-refractivity contribution >= 4 is 11.9 Å². The SMILES string of the molecule is COc1ccc(C(NC(=O)C2CCN(C(=O)N(C)C)CC2)C2CC2)cc1. The van der Waals surface area contributed by atoms with E-state index in [2.05, 4.69) is 5.32 Å². The molecule has 1 unspecified atom stereocenters. The van der Waals surface area contributed by atoms with Crippen LogP contribution in [-0.4, -0.2) is 56.0 Å². The van der Waals surface area contributed by atoms with Crippen LogP contribution < -0.4 is 10.1 Å². The van der Waals surface area contributed by atoms with Gasteiger partial charge in [-0.05, 0) is 49.3 Å². The second-order valence-electron chi connectivity index (χ2n) is 7.54. The van der Waals surface area contributed by atoms with Gasteiger partial charge in [0.2, 0.25) is 5.91 Å². The summed E-state index contributed by atoms with van der Waals surface area (Å²) in [6.45, 7) is 1.29. The molecule has 142 valence electrons. The topological polar surface area (TPSA) is 61.9 Å². The molecule has 2 fully saturated rings. The molecule has 2 aliphatic rings. The summed E-state index contributed by atoms with van der Waals surface area (Å²) in [6.07, 6.45) is 3.77. The van der Waals surface area contributed by atoms with E-state index in [1.807, 2.05) is 29.2 Å². The molecule has 1 aromatic carbocycles. The number of benzene rings is 1. The molecule has 6 heteroatoms. The molecular formula is C20H29N3O3. The molecule has 0 aromatic heterocycles. The van der Waals surface area contributed by atoms with Gasteiger partial charge >= 0.3 is 6.03 Å². The zero-order chi connectivity index (χ0) is 18.7. The summed E-state index contributed by atoms with van der Waals surface area (Å²) in [4.78, 5) is 28.2. The van der Waals surface area contributed by atoms with Crippen LogP contribution in [0, 0.1) is 11.8 Å². The third-order valence-corrected chi connectivity index (χ3v) is 5.38. The molecule has 1 atom stereocenters. The summed E-state index contributed by atoms with van der Waals surface area (Å²) in [5.74, 6) is 1.46. The van der Waals surface area contributed by atoms with E-state index in [1.54, 1.807) is 26.1 Å². The fourth-order valence-electron chi connectivity index (χ4n) is 3.60. The number of piperidine rings is 1. The average Bonchev–Trinajstić information content (AvgIpc) is 3.50. The summed E-state index contributed by atoms with van der Waals surface area (Å²) in [7, 11) is 5.18. The third kappa shape index (κ3) is 4.29. The van der Waals surface area contributed by atoms with Crippen LogP contribution in [0.5, 0.6) is 5.75 Å². The Bertz CT molecular complexity index is 632. The average molecular weight is 359 g/mol. The molecule has 0 spiro atoms. The number of amides is 3. The van der Waals surface area contributed by atoms with E-state index in [1.165, 1.54) is 0 Å². The monoisotopic (exact) mass is 359 g/mol. The lowest BCUT2D eigenvalue weighted by molar-refractivity contribution is -0.127. The second kappa shape index (κ2) is 7.98. The van der Waals surface area contributed by atoms with Crippen LogP contribution in [0.2, 0.25) is 0 Å². The number of ether oxygens (including phenoxy) is 1. The fraction of sp³-hybridized carbons (Fsp3) is 0.600.